The molecular formula is C37H63NO13. The minimum absolute atomic E-state index is 0.140. The number of cyclic esters (lactones) is 1. The van der Waals surface area contributed by atoms with Crippen molar-refractivity contribution in [3.8, 4) is 0 Å². The van der Waals surface area contributed by atoms with Crippen molar-refractivity contribution in [2.24, 2.45) is 17.8 Å². The van der Waals surface area contributed by atoms with Crippen molar-refractivity contribution >= 4 is 11.9 Å². The van der Waals surface area contributed by atoms with E-state index in [4.69, 9.17) is 33.2 Å². The lowest BCUT2D eigenvalue weighted by atomic mass is 9.78. The van der Waals surface area contributed by atoms with Gasteiger partial charge in [0.25, 0.3) is 0 Å². The molecule has 1 amide bonds. The second-order valence-electron chi connectivity index (χ2n) is 16.1. The number of rotatable bonds is 9. The van der Waals surface area contributed by atoms with Gasteiger partial charge < -0.3 is 58.9 Å². The van der Waals surface area contributed by atoms with Crippen molar-refractivity contribution < 1.29 is 63.2 Å². The summed E-state index contributed by atoms with van der Waals surface area (Å²) in [7, 11) is 1.51. The van der Waals surface area contributed by atoms with Crippen LogP contribution in [0.4, 0.5) is 0 Å². The van der Waals surface area contributed by atoms with E-state index in [1.807, 2.05) is 27.7 Å². The minimum atomic E-state index is -1.85. The average Bonchev–Trinajstić information content (AvgIpc) is 3.37. The number of carbonyl (C=O) groups is 2. The van der Waals surface area contributed by atoms with Gasteiger partial charge in [-0.15, -0.1) is 0 Å². The zero-order chi connectivity index (χ0) is 38.4. The van der Waals surface area contributed by atoms with Gasteiger partial charge in [-0.25, -0.2) is 0 Å². The topological polar surface area (TPSA) is 192 Å². The number of amides is 1. The second-order valence-corrected chi connectivity index (χ2v) is 16.1. The number of ether oxygens (including phenoxy) is 7. The third kappa shape index (κ3) is 8.44. The molecule has 294 valence electrons. The number of methoxy groups -OCH3 is 1. The second kappa shape index (κ2) is 15.8. The third-order valence-electron chi connectivity index (χ3n) is 11.7. The molecule has 6 unspecified atom stereocenters. The molecule has 4 rings (SSSR count). The Balaban J connectivity index is 1.83. The largest absolute Gasteiger partial charge is 0.488 e. The van der Waals surface area contributed by atoms with Crippen LogP contribution in [0.25, 0.3) is 0 Å². The highest BCUT2D eigenvalue weighted by Crippen LogP contribution is 2.48. The molecule has 5 N–H and O–H groups in total. The summed E-state index contributed by atoms with van der Waals surface area (Å²) in [5, 5.41) is 47.9. The number of hydrogen-bond donors (Lipinski definition) is 5. The van der Waals surface area contributed by atoms with Gasteiger partial charge in [0.05, 0.1) is 47.9 Å². The fourth-order valence-electron chi connectivity index (χ4n) is 8.64. The number of aliphatic hydroxyl groups excluding tert-OH is 3. The fourth-order valence-corrected chi connectivity index (χ4v) is 8.64. The van der Waals surface area contributed by atoms with Crippen LogP contribution < -0.4 is 5.32 Å². The summed E-state index contributed by atoms with van der Waals surface area (Å²) in [5.41, 5.74) is -3.13. The minimum Gasteiger partial charge on any atom is -0.488 e. The van der Waals surface area contributed by atoms with Gasteiger partial charge in [0.1, 0.15) is 41.4 Å². The van der Waals surface area contributed by atoms with Crippen LogP contribution in [0.15, 0.2) is 11.3 Å². The highest BCUT2D eigenvalue weighted by molar-refractivity contribution is 5.73. The van der Waals surface area contributed by atoms with Crippen molar-refractivity contribution in [2.45, 2.75) is 186 Å². The molecule has 0 saturated carbocycles. The van der Waals surface area contributed by atoms with E-state index in [2.05, 4.69) is 5.32 Å². The van der Waals surface area contributed by atoms with Crippen molar-refractivity contribution in [3.63, 3.8) is 0 Å². The van der Waals surface area contributed by atoms with E-state index in [0.29, 0.717) is 18.6 Å². The Kier molecular flexibility index (Phi) is 13.0. The summed E-state index contributed by atoms with van der Waals surface area (Å²) in [6, 6.07) is -0.633. The lowest BCUT2D eigenvalue weighted by molar-refractivity contribution is -0.314. The predicted octanol–water partition coefficient (Wildman–Crippen LogP) is 2.47. The van der Waals surface area contributed by atoms with Crippen LogP contribution in [-0.2, 0) is 42.7 Å². The van der Waals surface area contributed by atoms with Gasteiger partial charge in [-0.2, -0.15) is 0 Å². The van der Waals surface area contributed by atoms with Crippen LogP contribution in [-0.4, -0.2) is 124 Å². The molecule has 3 fully saturated rings. The number of carbonyl (C=O) groups excluding carboxylic acids is 2. The van der Waals surface area contributed by atoms with Crippen molar-refractivity contribution in [3.05, 3.63) is 11.3 Å². The summed E-state index contributed by atoms with van der Waals surface area (Å²) < 4.78 is 44.5. The molecule has 0 aromatic rings. The van der Waals surface area contributed by atoms with Gasteiger partial charge in [0, 0.05) is 32.8 Å². The Hall–Kier alpha value is -1.88. The van der Waals surface area contributed by atoms with E-state index in [0.717, 1.165) is 5.57 Å². The fraction of sp³-hybridized carbons (Fsp3) is 0.892. The van der Waals surface area contributed by atoms with Gasteiger partial charge in [-0.3, -0.25) is 9.59 Å². The van der Waals surface area contributed by atoms with Crippen molar-refractivity contribution in [1.82, 2.24) is 5.32 Å². The first kappa shape index (κ1) is 41.9. The molecule has 2 bridgehead atoms. The van der Waals surface area contributed by atoms with E-state index in [1.165, 1.54) is 21.0 Å². The first-order valence-corrected chi connectivity index (χ1v) is 18.4. The maximum absolute atomic E-state index is 14.3. The molecule has 4 heterocycles. The van der Waals surface area contributed by atoms with Gasteiger partial charge in [0.15, 0.2) is 12.6 Å². The molecule has 17 atom stereocenters. The normalized spacial score (nSPS) is 45.6. The molecule has 51 heavy (non-hydrogen) atoms. The number of esters is 1. The third-order valence-corrected chi connectivity index (χ3v) is 11.7. The van der Waals surface area contributed by atoms with Crippen LogP contribution in [0.2, 0.25) is 0 Å². The average molecular weight is 730 g/mol. The predicted molar refractivity (Wildman–Crippen MR) is 184 cm³/mol. The van der Waals surface area contributed by atoms with E-state index in [1.54, 1.807) is 34.6 Å². The molecule has 14 heteroatoms. The van der Waals surface area contributed by atoms with Crippen LogP contribution in [0.3, 0.4) is 0 Å². The molecule has 4 aliphatic heterocycles. The number of fused-ring (bicyclic) bond motifs is 2. The lowest BCUT2D eigenvalue weighted by Gasteiger charge is -2.48. The molecule has 4 aliphatic rings. The smallest absolute Gasteiger partial charge is 0.311 e. The maximum atomic E-state index is 14.3. The molecule has 0 radical (unpaired) electrons. The first-order chi connectivity index (χ1) is 23.6. The molecule has 0 aliphatic carbocycles. The van der Waals surface area contributed by atoms with Crippen molar-refractivity contribution in [2.75, 3.05) is 7.11 Å². The van der Waals surface area contributed by atoms with Crippen LogP contribution >= 0.6 is 0 Å². The van der Waals surface area contributed by atoms with Gasteiger partial charge in [-0.05, 0) is 66.9 Å². The zero-order valence-electron chi connectivity index (χ0n) is 32.4. The number of nitrogens with one attached hydrogen (secondary N) is 1. The molecule has 3 saturated heterocycles. The Labute approximate surface area is 302 Å². The summed E-state index contributed by atoms with van der Waals surface area (Å²) in [5.74, 6) is -2.80. The molecule has 0 aromatic carbocycles. The summed E-state index contributed by atoms with van der Waals surface area (Å²) in [4.78, 5) is 26.3. The molecular weight excluding hydrogens is 666 g/mol. The van der Waals surface area contributed by atoms with Gasteiger partial charge >= 0.3 is 5.97 Å². The van der Waals surface area contributed by atoms with Gasteiger partial charge in [0.2, 0.25) is 5.91 Å². The quantitative estimate of drug-likeness (QED) is 0.218. The first-order valence-electron chi connectivity index (χ1n) is 18.4. The highest BCUT2D eigenvalue weighted by Gasteiger charge is 2.57. The summed E-state index contributed by atoms with van der Waals surface area (Å²) >= 11 is 0. The molecule has 0 aromatic heterocycles. The lowest BCUT2D eigenvalue weighted by Crippen LogP contribution is -2.60. The highest BCUT2D eigenvalue weighted by atomic mass is 16.7. The number of aliphatic hydroxyl groups is 4. The SMILES string of the molecule is CC[C@@H](O)[C@@](C)(O)[C@@H]1OC(=O)[C@H](C)[C@@H](O[C@H]2CC(C)(OC)[C@@H](O)C(C)O2)[C@H](C)[C@@H](O[C@@H]2OC(C)CC(NC(C)=O)C2O)C2(C)CC(C)=C(O2)[C@@H]1C. The van der Waals surface area contributed by atoms with Gasteiger partial charge in [-0.1, -0.05) is 20.8 Å². The maximum Gasteiger partial charge on any atom is 0.311 e. The molecule has 0 spiro atoms. The number of hydrogen-bond acceptors (Lipinski definition) is 13. The van der Waals surface area contributed by atoms with Crippen molar-refractivity contribution in [1.29, 1.82) is 0 Å². The monoisotopic (exact) mass is 729 g/mol. The standard InChI is InChI=1S/C37H63NO13/c1-13-25(40)37(11,44)32-19(4)28-17(2)15-36(10,51-28)31(50-34-27(41)24(38-23(8)39)14-18(3)46-34)20(5)29(21(6)33(43)49-32)48-26-16-35(9,45-12)30(42)22(7)47-26/h18-22,24-27,29-32,34,40-42,44H,13-16H2,1-12H3,(H,38,39)/t18?,19-,20-,21+,22?,24?,25+,26-,27?,29-,30-,31+,32+,34-,35?,36?,37+/m0/s1. The van der Waals surface area contributed by atoms with Crippen LogP contribution in [0.1, 0.15) is 102 Å². The van der Waals surface area contributed by atoms with Crippen LogP contribution in [0.5, 0.6) is 0 Å². The van der Waals surface area contributed by atoms with E-state index in [9.17, 15) is 30.0 Å². The summed E-state index contributed by atoms with van der Waals surface area (Å²) in [6.07, 6.45) is -8.49. The summed E-state index contributed by atoms with van der Waals surface area (Å²) in [6.45, 7) is 19.0. The van der Waals surface area contributed by atoms with E-state index in [-0.39, 0.29) is 24.9 Å². The molecule has 14 nitrogen and oxygen atoms in total. The van der Waals surface area contributed by atoms with Crippen LogP contribution in [0, 0.1) is 17.8 Å². The Morgan fingerprint density at radius 3 is 2.33 bits per heavy atom. The van der Waals surface area contributed by atoms with E-state index >= 15 is 0 Å². The van der Waals surface area contributed by atoms with E-state index < -0.39 is 102 Å². The Morgan fingerprint density at radius 1 is 1.10 bits per heavy atom. The zero-order valence-corrected chi connectivity index (χ0v) is 32.4. The Morgan fingerprint density at radius 2 is 1.75 bits per heavy atom. The Bertz CT molecular complexity index is 1280.